The molecule has 0 heterocycles. The highest BCUT2D eigenvalue weighted by molar-refractivity contribution is 9.10. The molecule has 0 aliphatic heterocycles. The summed E-state index contributed by atoms with van der Waals surface area (Å²) in [5.74, 6) is 0. The molecule has 8 aliphatic rings. The molecule has 20 rings (SSSR count). The number of benzene rings is 12. The minimum absolute atomic E-state index is 0.580. The Bertz CT molecular complexity index is 4360. The maximum atomic E-state index is 3.97. The summed E-state index contributed by atoms with van der Waals surface area (Å²) in [7, 11) is 0. The van der Waals surface area contributed by atoms with Gasteiger partial charge in [-0.1, -0.05) is 225 Å². The van der Waals surface area contributed by atoms with E-state index in [9.17, 15) is 0 Å². The Labute approximate surface area is 484 Å². The first-order valence-electron chi connectivity index (χ1n) is 28.0. The van der Waals surface area contributed by atoms with E-state index in [2.05, 4.69) is 288 Å². The lowest BCUT2D eigenvalue weighted by atomic mass is 9.67. The van der Waals surface area contributed by atoms with Gasteiger partial charge >= 0.3 is 0 Å². The molecule has 0 amide bonds. The fourth-order valence-corrected chi connectivity index (χ4v) is 15.7. The lowest BCUT2D eigenvalue weighted by Gasteiger charge is -2.35. The molecule has 0 radical (unpaired) electrons. The smallest absolute Gasteiger partial charge is 0.0590 e. The van der Waals surface area contributed by atoms with E-state index in [4.69, 9.17) is 0 Å². The van der Waals surface area contributed by atoms with E-state index in [1.54, 1.807) is 0 Å². The summed E-state index contributed by atoms with van der Waals surface area (Å²) in [6.45, 7) is 4.39. The zero-order chi connectivity index (χ0) is 53.2. The maximum absolute atomic E-state index is 3.97. The summed E-state index contributed by atoms with van der Waals surface area (Å²) in [6.07, 6.45) is 1.83. The Hall–Kier alpha value is -8.40. The number of rotatable bonds is 2. The van der Waals surface area contributed by atoms with Gasteiger partial charge in [-0.05, 0) is 243 Å². The van der Waals surface area contributed by atoms with Crippen molar-refractivity contribution in [3.05, 3.63) is 329 Å². The van der Waals surface area contributed by atoms with E-state index in [1.165, 1.54) is 167 Å². The second-order valence-electron chi connectivity index (χ2n) is 23.1. The first kappa shape index (κ1) is 46.5. The van der Waals surface area contributed by atoms with Gasteiger partial charge in [-0.3, -0.25) is 0 Å². The van der Waals surface area contributed by atoms with Crippen LogP contribution in [0.5, 0.6) is 0 Å². The molecule has 0 nitrogen and oxygen atoms in total. The zero-order valence-corrected chi connectivity index (χ0v) is 47.4. The van der Waals surface area contributed by atoms with Crippen molar-refractivity contribution >= 4 is 31.9 Å². The van der Waals surface area contributed by atoms with Crippen LogP contribution in [0.1, 0.15) is 77.9 Å². The number of hydrogen-bond acceptors (Lipinski definition) is 0. The summed E-state index contributed by atoms with van der Waals surface area (Å²) in [5, 5.41) is 0. The normalized spacial score (nSPS) is 16.8. The maximum Gasteiger partial charge on any atom is 0.0714 e. The van der Waals surface area contributed by atoms with Crippen molar-refractivity contribution in [2.24, 2.45) is 0 Å². The van der Waals surface area contributed by atoms with Crippen LogP contribution in [0.2, 0.25) is 0 Å². The van der Waals surface area contributed by atoms with Crippen molar-refractivity contribution in [3.8, 4) is 89.0 Å². The molecule has 12 aromatic rings. The average Bonchev–Trinajstić information content (AvgIpc) is 4.37. The molecule has 376 valence electrons. The van der Waals surface area contributed by atoms with Gasteiger partial charge in [-0.15, -0.1) is 0 Å². The van der Waals surface area contributed by atoms with Gasteiger partial charge in [0.1, 0.15) is 0 Å². The molecule has 2 unspecified atom stereocenters. The summed E-state index contributed by atoms with van der Waals surface area (Å²) < 4.78 is 2.16. The van der Waals surface area contributed by atoms with Gasteiger partial charge in [0.15, 0.2) is 0 Å². The summed E-state index contributed by atoms with van der Waals surface area (Å²) >= 11 is 7.94. The van der Waals surface area contributed by atoms with Gasteiger partial charge in [0.2, 0.25) is 0 Å². The third kappa shape index (κ3) is 6.55. The van der Waals surface area contributed by atoms with Crippen molar-refractivity contribution in [1.29, 1.82) is 0 Å². The Morgan fingerprint density at radius 1 is 0.237 bits per heavy atom. The molecule has 0 N–H and O–H groups in total. The summed E-state index contributed by atoms with van der Waals surface area (Å²) in [4.78, 5) is 0. The zero-order valence-electron chi connectivity index (χ0n) is 44.3. The topological polar surface area (TPSA) is 0 Å². The highest BCUT2D eigenvalue weighted by Crippen LogP contribution is 2.60. The van der Waals surface area contributed by atoms with Gasteiger partial charge in [-0.25, -0.2) is 0 Å². The fraction of sp³-hybridized carbons (Fsp3) is 0.0769. The number of fused-ring (bicyclic) bond motifs is 4. The first-order valence-corrected chi connectivity index (χ1v) is 29.6. The molecular formula is C78H50Br2. The van der Waals surface area contributed by atoms with E-state index in [1.807, 2.05) is 0 Å². The van der Waals surface area contributed by atoms with E-state index < -0.39 is 10.8 Å². The van der Waals surface area contributed by atoms with E-state index in [-0.39, 0.29) is 0 Å². The summed E-state index contributed by atoms with van der Waals surface area (Å²) in [5.41, 5.74) is 37.3. The highest BCUT2D eigenvalue weighted by Gasteiger charge is 2.49. The number of hydrogen-bond donors (Lipinski definition) is 0. The molecule has 80 heavy (non-hydrogen) atoms. The number of halogens is 2. The van der Waals surface area contributed by atoms with Crippen LogP contribution in [0.15, 0.2) is 252 Å². The predicted octanol–water partition coefficient (Wildman–Crippen LogP) is 20.7. The van der Waals surface area contributed by atoms with Gasteiger partial charge in [0, 0.05) is 8.95 Å². The van der Waals surface area contributed by atoms with Crippen LogP contribution < -0.4 is 0 Å². The van der Waals surface area contributed by atoms with Crippen molar-refractivity contribution in [2.75, 3.05) is 0 Å². The second kappa shape index (κ2) is 17.1. The van der Waals surface area contributed by atoms with Crippen LogP contribution in [0.4, 0.5) is 0 Å². The van der Waals surface area contributed by atoms with Gasteiger partial charge in [0.05, 0.1) is 10.8 Å². The molecule has 0 saturated carbocycles. The Balaban J connectivity index is 0.910. The molecular weight excluding hydrogens is 1100 g/mol. The van der Waals surface area contributed by atoms with E-state index in [0.717, 1.165) is 21.8 Å². The van der Waals surface area contributed by atoms with E-state index >= 15 is 0 Å². The molecule has 0 aromatic heterocycles. The average molecular weight is 1150 g/mol. The molecule has 0 saturated heterocycles. The highest BCUT2D eigenvalue weighted by atomic mass is 79.9. The SMILES string of the molecule is Cc1ccc(C23c4ccc5c(c4)-c4cc(ccc4C5)-c4ccc(cc4)-c4ccc5c(c4)C(c4ccc(C)cc4)(c4ccc6c(c4)-c4cc(ccc4C6)-c4ccc(cc4)-c4ccc(c2c4)-c2ccc(Br)cc23)c2cc(Br)ccc2-5)cc1. The third-order valence-electron chi connectivity index (χ3n) is 18.9. The Morgan fingerprint density at radius 2 is 0.512 bits per heavy atom. The minimum Gasteiger partial charge on any atom is -0.0590 e. The fourth-order valence-electron chi connectivity index (χ4n) is 15.0. The Kier molecular flexibility index (Phi) is 9.92. The molecule has 2 heteroatoms. The minimum atomic E-state index is -0.580. The quantitative estimate of drug-likeness (QED) is 0.162. The van der Waals surface area contributed by atoms with Gasteiger partial charge in [0.25, 0.3) is 0 Å². The molecule has 8 aliphatic carbocycles. The van der Waals surface area contributed by atoms with Crippen molar-refractivity contribution in [1.82, 2.24) is 0 Å². The molecule has 12 aromatic carbocycles. The van der Waals surface area contributed by atoms with Gasteiger partial charge in [-0.2, -0.15) is 0 Å². The van der Waals surface area contributed by atoms with Crippen LogP contribution in [-0.2, 0) is 23.7 Å². The van der Waals surface area contributed by atoms with Crippen molar-refractivity contribution < 1.29 is 0 Å². The van der Waals surface area contributed by atoms with Crippen LogP contribution in [0.25, 0.3) is 89.0 Å². The summed E-state index contributed by atoms with van der Waals surface area (Å²) in [6, 6.07) is 94.7. The Morgan fingerprint density at radius 3 is 0.887 bits per heavy atom. The standard InChI is InChI=1S/C78H50Br2/c1-45-3-23-59(24-4-45)77-61-27-19-57-35-55-17-15-51(37-69(55)71(57)41-61)48-9-13-50(14-10-48)54-22-32-66-68-34-30-64(80)44-76(68)78(74(66)40-54,60-25-5-46(2)6-26-60)62-28-20-58-36-56-18-16-52(38-70(56)72(58)42-62)47-7-11-49(12-8-47)53-21-31-65(73(77)39-53)67-33-29-63(79)43-75(67)77/h3-34,37-44H,35-36H2,1-2H3. The van der Waals surface area contributed by atoms with Gasteiger partial charge < -0.3 is 0 Å². The van der Waals surface area contributed by atoms with Crippen LogP contribution in [0, 0.1) is 13.8 Å². The number of aryl methyl sites for hydroxylation is 2. The van der Waals surface area contributed by atoms with Crippen LogP contribution >= 0.6 is 31.9 Å². The van der Waals surface area contributed by atoms with Crippen LogP contribution in [0.3, 0.4) is 0 Å². The molecule has 2 atom stereocenters. The molecule has 0 fully saturated rings. The predicted molar refractivity (Wildman–Crippen MR) is 338 cm³/mol. The lowest BCUT2D eigenvalue weighted by Crippen LogP contribution is -2.29. The lowest BCUT2D eigenvalue weighted by molar-refractivity contribution is 0.767. The van der Waals surface area contributed by atoms with Crippen molar-refractivity contribution in [2.45, 2.75) is 37.5 Å². The largest absolute Gasteiger partial charge is 0.0714 e. The van der Waals surface area contributed by atoms with Crippen molar-refractivity contribution in [3.63, 3.8) is 0 Å². The second-order valence-corrected chi connectivity index (χ2v) is 25.0. The van der Waals surface area contributed by atoms with E-state index in [0.29, 0.717) is 0 Å². The van der Waals surface area contributed by atoms with Crippen LogP contribution in [-0.4, -0.2) is 0 Å². The third-order valence-corrected chi connectivity index (χ3v) is 19.9. The first-order chi connectivity index (χ1) is 39.2. The molecule has 0 spiro atoms. The monoisotopic (exact) mass is 1140 g/mol. The molecule has 16 bridgehead atoms.